The fraction of sp³-hybridized carbons (Fsp3) is 0.721. The molecular weight excluding hydrogens is 1470 g/mol. The number of rotatable bonds is 26. The molecule has 22 atom stereocenters. The van der Waals surface area contributed by atoms with E-state index in [4.69, 9.17) is 46.7 Å². The maximum Gasteiger partial charge on any atom is 0.338 e. The molecule has 2 aliphatic heterocycles. The van der Waals surface area contributed by atoms with E-state index in [2.05, 4.69) is 55.4 Å². The molecule has 2 aromatic carbocycles. The van der Waals surface area contributed by atoms with Crippen molar-refractivity contribution in [3.63, 3.8) is 0 Å². The molecule has 4 saturated carbocycles. The number of aliphatic hydroxyl groups excluding tert-OH is 4. The summed E-state index contributed by atoms with van der Waals surface area (Å²) in [6.07, 6.45) is -15.3. The normalized spacial score (nSPS) is 34.9. The van der Waals surface area contributed by atoms with Gasteiger partial charge in [0, 0.05) is 50.4 Å². The first-order valence-electron chi connectivity index (χ1n) is 40.8. The van der Waals surface area contributed by atoms with E-state index in [0.29, 0.717) is 18.4 Å². The molecule has 6 aliphatic carbocycles. The Labute approximate surface area is 663 Å². The molecule has 4 bridgehead atoms. The van der Waals surface area contributed by atoms with Crippen molar-refractivity contribution in [1.82, 2.24) is 0 Å². The van der Waals surface area contributed by atoms with Gasteiger partial charge in [-0.25, -0.2) is 19.2 Å². The largest absolute Gasteiger partial charge is 0.456 e. The second-order valence-corrected chi connectivity index (χ2v) is 45.4. The van der Waals surface area contributed by atoms with Crippen molar-refractivity contribution in [2.45, 2.75) is 323 Å². The predicted molar refractivity (Wildman–Crippen MR) is 419 cm³/mol. The molecule has 624 valence electrons. The van der Waals surface area contributed by atoms with Gasteiger partial charge in [0.15, 0.2) is 45.5 Å². The van der Waals surface area contributed by atoms with Gasteiger partial charge in [0.25, 0.3) is 0 Å². The van der Waals surface area contributed by atoms with Crippen molar-refractivity contribution in [2.75, 3.05) is 13.2 Å². The average molecular weight is 1600 g/mol. The highest BCUT2D eigenvalue weighted by Gasteiger charge is 2.81. The first kappa shape index (κ1) is 90.0. The number of Topliss-reactive ketones (excluding diaryl/α,β-unsaturated/α-hetero) is 2. The fourth-order valence-electron chi connectivity index (χ4n) is 21.1. The van der Waals surface area contributed by atoms with Gasteiger partial charge in [0.05, 0.1) is 59.2 Å². The van der Waals surface area contributed by atoms with Gasteiger partial charge in [-0.05, 0) is 147 Å². The number of ether oxygens (including phenoxy) is 8. The van der Waals surface area contributed by atoms with E-state index in [1.54, 1.807) is 104 Å². The van der Waals surface area contributed by atoms with Gasteiger partial charge in [-0.15, -0.1) is 0 Å². The number of hydrogen-bond acceptors (Lipinski definition) is 24. The lowest BCUT2D eigenvalue weighted by atomic mass is 9.44. The zero-order chi connectivity index (χ0) is 83.5. The van der Waals surface area contributed by atoms with Crippen LogP contribution in [-0.4, -0.2) is 204 Å². The zero-order valence-electron chi connectivity index (χ0n) is 70.1. The second-order valence-electron chi connectivity index (χ2n) is 36.0. The van der Waals surface area contributed by atoms with Gasteiger partial charge >= 0.3 is 35.8 Å². The number of hydrogen-bond donors (Lipinski definition) is 6. The molecule has 8 aliphatic rings. The van der Waals surface area contributed by atoms with Crippen LogP contribution in [-0.2, 0) is 75.5 Å². The number of carbonyl (C=O) groups excluding carboxylic acids is 8. The smallest absolute Gasteiger partial charge is 0.338 e. The fourth-order valence-corrected chi connectivity index (χ4v) is 26.9. The molecule has 0 radical (unpaired) electrons. The number of aliphatic hydroxyl groups is 6. The number of ketones is 2. The van der Waals surface area contributed by atoms with Gasteiger partial charge in [-0.3, -0.25) is 19.2 Å². The first-order valence-corrected chi connectivity index (χ1v) is 45.9. The van der Waals surface area contributed by atoms with Crippen LogP contribution in [0.4, 0.5) is 0 Å². The molecular formula is C86H128O24Si2. The van der Waals surface area contributed by atoms with E-state index < -0.39 is 199 Å². The highest BCUT2D eigenvalue weighted by Crippen LogP contribution is 2.67. The Balaban J connectivity index is 0.000000265. The van der Waals surface area contributed by atoms with Crippen LogP contribution in [0.25, 0.3) is 0 Å². The van der Waals surface area contributed by atoms with Crippen molar-refractivity contribution in [1.29, 1.82) is 0 Å². The van der Waals surface area contributed by atoms with Gasteiger partial charge < -0.3 is 77.4 Å². The molecule has 112 heavy (non-hydrogen) atoms. The Morgan fingerprint density at radius 1 is 0.527 bits per heavy atom. The maximum atomic E-state index is 15.9. The van der Waals surface area contributed by atoms with E-state index in [1.165, 1.54) is 32.9 Å². The van der Waals surface area contributed by atoms with Crippen molar-refractivity contribution < 1.29 is 116 Å². The third-order valence-electron chi connectivity index (χ3n) is 28.2. The van der Waals surface area contributed by atoms with Crippen LogP contribution in [0.1, 0.15) is 212 Å². The topological polar surface area (TPSA) is 350 Å². The molecule has 2 aromatic rings. The van der Waals surface area contributed by atoms with E-state index in [-0.39, 0.29) is 84.5 Å². The van der Waals surface area contributed by atoms with Crippen LogP contribution in [0.3, 0.4) is 0 Å². The monoisotopic (exact) mass is 1600 g/mol. The Bertz CT molecular complexity index is 3850. The summed E-state index contributed by atoms with van der Waals surface area (Å²) in [4.78, 5) is 113. The average Bonchev–Trinajstić information content (AvgIpc) is 0.671. The lowest BCUT2D eigenvalue weighted by Gasteiger charge is -2.68. The SMILES string of the molecule is CC(=O)O[C@@]12CO[C@@H]1C[C@H](O)[C@@]1(C)C(=O)[C@H](O)C3=C(C)[C@@H](OC(=O)C(O)[C@@H](C)CC(C)C)C[C@@](O)([C@@H](OC(=O)c4ccccc4)[C@H]21)C3(C)C.CC[Si](CC)(CC)OC(C(=O)O[C@H]1C[C@@]2(O)[C@@H](OC(=O)c3ccccc3)[C@@H]3[C@]4(OC(C)=O)CO[C@@H]4C[C@H](O[Si](CC)(CC)CC)[C@@]3(C)C(=O)[C@H](O)C(=C1C)C2(C)C)[C@@H](C)CC(C)C. The first-order chi connectivity index (χ1) is 52.2. The minimum absolute atomic E-state index is 0.0370. The van der Waals surface area contributed by atoms with E-state index in [1.807, 2.05) is 20.8 Å². The van der Waals surface area contributed by atoms with Crippen LogP contribution in [0.15, 0.2) is 83.0 Å². The Morgan fingerprint density at radius 3 is 1.28 bits per heavy atom. The quantitative estimate of drug-likeness (QED) is 0.0220. The molecule has 10 rings (SSSR count). The summed E-state index contributed by atoms with van der Waals surface area (Å²) in [5.41, 5.74) is -13.0. The summed E-state index contributed by atoms with van der Waals surface area (Å²) < 4.78 is 64.0. The Kier molecular flexibility index (Phi) is 27.0. The van der Waals surface area contributed by atoms with E-state index >= 15 is 4.79 Å². The highest BCUT2D eigenvalue weighted by atomic mass is 28.4. The molecule has 2 unspecified atom stereocenters. The summed E-state index contributed by atoms with van der Waals surface area (Å²) >= 11 is 0. The lowest BCUT2D eigenvalue weighted by Crippen LogP contribution is -2.82. The van der Waals surface area contributed by atoms with Crippen molar-refractivity contribution >= 4 is 64.0 Å². The molecule has 6 N–H and O–H groups in total. The summed E-state index contributed by atoms with van der Waals surface area (Å²) in [5, 5.41) is 74.6. The van der Waals surface area contributed by atoms with Crippen LogP contribution < -0.4 is 0 Å². The van der Waals surface area contributed by atoms with Gasteiger partial charge in [-0.1, -0.05) is 147 Å². The number of benzene rings is 2. The molecule has 0 spiro atoms. The second kappa shape index (κ2) is 33.6. The van der Waals surface area contributed by atoms with Gasteiger partial charge in [0.1, 0.15) is 66.1 Å². The van der Waals surface area contributed by atoms with Crippen molar-refractivity contribution in [3.8, 4) is 0 Å². The van der Waals surface area contributed by atoms with Crippen LogP contribution in [0.5, 0.6) is 0 Å². The number of esters is 6. The van der Waals surface area contributed by atoms with Crippen LogP contribution in [0.2, 0.25) is 36.3 Å². The van der Waals surface area contributed by atoms with E-state index in [9.17, 15) is 64.2 Å². The molecule has 26 heteroatoms. The van der Waals surface area contributed by atoms with E-state index in [0.717, 1.165) is 36.3 Å². The summed E-state index contributed by atoms with van der Waals surface area (Å²) in [6.45, 7) is 39.6. The van der Waals surface area contributed by atoms with Gasteiger partial charge in [0.2, 0.25) is 0 Å². The Morgan fingerprint density at radius 2 is 0.902 bits per heavy atom. The van der Waals surface area contributed by atoms with Crippen molar-refractivity contribution in [3.05, 3.63) is 94.1 Å². The maximum absolute atomic E-state index is 15.9. The molecule has 24 nitrogen and oxygen atoms in total. The Hall–Kier alpha value is -5.89. The van der Waals surface area contributed by atoms with Crippen LogP contribution >= 0.6 is 0 Å². The molecule has 6 fully saturated rings. The lowest BCUT2D eigenvalue weighted by molar-refractivity contribution is -0.346. The third-order valence-corrected chi connectivity index (χ3v) is 37.4. The predicted octanol–water partition coefficient (Wildman–Crippen LogP) is 11.4. The zero-order valence-corrected chi connectivity index (χ0v) is 72.1. The van der Waals surface area contributed by atoms with Crippen LogP contribution in [0, 0.1) is 57.2 Å². The summed E-state index contributed by atoms with van der Waals surface area (Å²) in [5.74, 6) is -8.90. The molecule has 2 saturated heterocycles. The highest BCUT2D eigenvalue weighted by molar-refractivity contribution is 6.74. The van der Waals surface area contributed by atoms with Gasteiger partial charge in [-0.2, -0.15) is 0 Å². The van der Waals surface area contributed by atoms with Crippen molar-refractivity contribution in [2.24, 2.45) is 57.2 Å². The third kappa shape index (κ3) is 15.4. The summed E-state index contributed by atoms with van der Waals surface area (Å²) in [7, 11) is -4.87. The molecule has 0 amide bonds. The number of fused-ring (bicyclic) bond motifs is 10. The summed E-state index contributed by atoms with van der Waals surface area (Å²) in [6, 6.07) is 21.1. The molecule has 2 heterocycles. The standard InChI is InChI=1S/C49H78O12Si2.C37H50O12/c1-15-62(16-2,17-3)60-36-27-37-48(29-56-37,59-33(11)50)41-43(58-44(53)34-24-22-21-23-25-34)49(55)28-35(32(10)38(46(49,12)13)39(51)42(52)47(36,41)14)57-45(54)40(31(9)26-30(7)8)61-63(18-4,19-5)20-6;1-18(2)14-19(3)27(40)33(44)47-23-16-37(45)31(48-32(43)22-12-10-9-11-13-22)29-35(8,30(42)28(41)26(20(23)4)34(37,6)7)24(39)15-25-36(29,17-46-25)49-21(5)38/h21-25,30-31,35-37,39-41,43,51,55H,15-20,26-29H2,1-14H3;9-13,18-19,23-25,27-29,31,39-41,45H,14-17H2,1-8H3/t31-,35-,36-,37+,39+,40?,41-,43-,47+,48-,49+;19-,23-,24-,25+,27?,28+,29-,31-,35+,36-,37+/m00/s1. The minimum Gasteiger partial charge on any atom is -0.456 e. The molecule has 0 aromatic heterocycles. The minimum atomic E-state index is -2.52. The number of carbonyl (C=O) groups is 8.